The lowest BCUT2D eigenvalue weighted by Crippen LogP contribution is -2.24. The first-order chi connectivity index (χ1) is 15.2. The van der Waals surface area contributed by atoms with E-state index in [9.17, 15) is 18.5 Å². The monoisotopic (exact) mass is 473 g/mol. The Bertz CT molecular complexity index is 1260. The van der Waals surface area contributed by atoms with Gasteiger partial charge in [-0.3, -0.25) is 14.3 Å². The van der Waals surface area contributed by atoms with Gasteiger partial charge in [-0.25, -0.2) is 0 Å². The SMILES string of the molecule is Cc1ccc(S(=O)(=O)OC[C@@H]2c3cc(Cl)ccc3Oc3ccccc3[C@H]2C[N+](=O)[O-])cc1. The molecule has 0 aliphatic carbocycles. The van der Waals surface area contributed by atoms with Gasteiger partial charge in [0.05, 0.1) is 17.4 Å². The van der Waals surface area contributed by atoms with Crippen LogP contribution < -0.4 is 4.74 Å². The van der Waals surface area contributed by atoms with Gasteiger partial charge in [-0.15, -0.1) is 0 Å². The Morgan fingerprint density at radius 2 is 1.69 bits per heavy atom. The van der Waals surface area contributed by atoms with Crippen molar-refractivity contribution in [2.75, 3.05) is 13.2 Å². The highest BCUT2D eigenvalue weighted by Gasteiger charge is 2.37. The molecule has 4 rings (SSSR count). The maximum atomic E-state index is 12.8. The van der Waals surface area contributed by atoms with E-state index in [0.717, 1.165) is 5.56 Å². The number of ether oxygens (including phenoxy) is 1. The molecule has 0 radical (unpaired) electrons. The molecular weight excluding hydrogens is 454 g/mol. The fourth-order valence-electron chi connectivity index (χ4n) is 3.86. The number of hydrogen-bond acceptors (Lipinski definition) is 6. The second kappa shape index (κ2) is 8.90. The highest BCUT2D eigenvalue weighted by atomic mass is 35.5. The maximum Gasteiger partial charge on any atom is 0.296 e. The van der Waals surface area contributed by atoms with Crippen molar-refractivity contribution in [2.45, 2.75) is 23.7 Å². The van der Waals surface area contributed by atoms with Crippen molar-refractivity contribution in [3.05, 3.63) is 98.6 Å². The quantitative estimate of drug-likeness (QED) is 0.273. The molecule has 3 aromatic rings. The van der Waals surface area contributed by atoms with E-state index >= 15 is 0 Å². The predicted octanol–water partition coefficient (Wildman–Crippen LogP) is 5.30. The molecule has 2 atom stereocenters. The van der Waals surface area contributed by atoms with Crippen LogP contribution in [0.25, 0.3) is 0 Å². The van der Waals surface area contributed by atoms with Gasteiger partial charge in [-0.2, -0.15) is 8.42 Å². The van der Waals surface area contributed by atoms with Crippen molar-refractivity contribution in [2.24, 2.45) is 0 Å². The summed E-state index contributed by atoms with van der Waals surface area (Å²) < 4.78 is 37.1. The summed E-state index contributed by atoms with van der Waals surface area (Å²) in [7, 11) is -4.07. The molecule has 0 saturated carbocycles. The highest BCUT2D eigenvalue weighted by molar-refractivity contribution is 7.86. The lowest BCUT2D eigenvalue weighted by atomic mass is 9.82. The van der Waals surface area contributed by atoms with Crippen LogP contribution in [0.15, 0.2) is 71.6 Å². The number of fused-ring (bicyclic) bond motifs is 2. The summed E-state index contributed by atoms with van der Waals surface area (Å²) in [5.41, 5.74) is 2.08. The third-order valence-electron chi connectivity index (χ3n) is 5.45. The van der Waals surface area contributed by atoms with E-state index in [-0.39, 0.29) is 11.5 Å². The highest BCUT2D eigenvalue weighted by Crippen LogP contribution is 2.47. The van der Waals surface area contributed by atoms with Crippen LogP contribution in [0.5, 0.6) is 11.5 Å². The number of halogens is 1. The average molecular weight is 474 g/mol. The Morgan fingerprint density at radius 3 is 2.41 bits per heavy atom. The summed E-state index contributed by atoms with van der Waals surface area (Å²) in [6, 6.07) is 18.3. The molecule has 0 saturated heterocycles. The topological polar surface area (TPSA) is 95.7 Å². The van der Waals surface area contributed by atoms with Crippen LogP contribution in [0, 0.1) is 17.0 Å². The lowest BCUT2D eigenvalue weighted by Gasteiger charge is -2.23. The summed E-state index contributed by atoms with van der Waals surface area (Å²) in [6.45, 7) is 1.12. The molecule has 7 nitrogen and oxygen atoms in total. The van der Waals surface area contributed by atoms with E-state index in [1.165, 1.54) is 12.1 Å². The Labute approximate surface area is 190 Å². The minimum absolute atomic E-state index is 0.0190. The third-order valence-corrected chi connectivity index (χ3v) is 6.98. The fourth-order valence-corrected chi connectivity index (χ4v) is 4.97. The van der Waals surface area contributed by atoms with Crippen molar-refractivity contribution in [1.82, 2.24) is 0 Å². The van der Waals surface area contributed by atoms with Crippen LogP contribution in [-0.4, -0.2) is 26.5 Å². The van der Waals surface area contributed by atoms with Crippen LogP contribution in [-0.2, 0) is 14.3 Å². The molecule has 0 aromatic heterocycles. The first kappa shape index (κ1) is 22.3. The predicted molar refractivity (Wildman–Crippen MR) is 120 cm³/mol. The van der Waals surface area contributed by atoms with E-state index < -0.39 is 33.4 Å². The minimum Gasteiger partial charge on any atom is -0.457 e. The summed E-state index contributed by atoms with van der Waals surface area (Å²) in [6.07, 6.45) is 0. The number of nitrogens with zero attached hydrogens (tertiary/aromatic N) is 1. The largest absolute Gasteiger partial charge is 0.457 e. The molecule has 0 unspecified atom stereocenters. The zero-order chi connectivity index (χ0) is 22.9. The summed E-state index contributed by atoms with van der Waals surface area (Å²) in [5, 5.41) is 12.0. The second-order valence-corrected chi connectivity index (χ2v) is 9.65. The molecule has 0 N–H and O–H groups in total. The van der Waals surface area contributed by atoms with E-state index in [4.69, 9.17) is 20.5 Å². The Hall–Kier alpha value is -2.94. The van der Waals surface area contributed by atoms with Crippen molar-refractivity contribution in [3.63, 3.8) is 0 Å². The number of benzene rings is 3. The van der Waals surface area contributed by atoms with Crippen LogP contribution in [0.1, 0.15) is 28.5 Å². The van der Waals surface area contributed by atoms with E-state index in [1.54, 1.807) is 54.6 Å². The lowest BCUT2D eigenvalue weighted by molar-refractivity contribution is -0.484. The van der Waals surface area contributed by atoms with Crippen molar-refractivity contribution in [3.8, 4) is 11.5 Å². The molecule has 0 bridgehead atoms. The van der Waals surface area contributed by atoms with Crippen LogP contribution in [0.3, 0.4) is 0 Å². The van der Waals surface area contributed by atoms with Gasteiger partial charge in [-0.05, 0) is 43.3 Å². The maximum absolute atomic E-state index is 12.8. The number of hydrogen-bond donors (Lipinski definition) is 0. The Kier molecular flexibility index (Phi) is 6.19. The number of aryl methyl sites for hydroxylation is 1. The number of para-hydroxylation sites is 1. The van der Waals surface area contributed by atoms with Gasteiger partial charge in [0, 0.05) is 27.0 Å². The van der Waals surface area contributed by atoms with Crippen LogP contribution in [0.4, 0.5) is 0 Å². The molecule has 0 amide bonds. The van der Waals surface area contributed by atoms with Gasteiger partial charge in [0.2, 0.25) is 6.54 Å². The number of rotatable bonds is 6. The van der Waals surface area contributed by atoms with Crippen molar-refractivity contribution < 1.29 is 22.3 Å². The first-order valence-corrected chi connectivity index (χ1v) is 11.7. The molecule has 0 fully saturated rings. The van der Waals surface area contributed by atoms with Gasteiger partial charge in [0.25, 0.3) is 10.1 Å². The molecular formula is C23H20ClNO6S. The molecule has 1 aliphatic heterocycles. The Morgan fingerprint density at radius 1 is 1.00 bits per heavy atom. The minimum atomic E-state index is -4.07. The third kappa shape index (κ3) is 4.62. The van der Waals surface area contributed by atoms with Crippen LogP contribution >= 0.6 is 11.6 Å². The molecule has 9 heteroatoms. The van der Waals surface area contributed by atoms with Gasteiger partial charge < -0.3 is 4.74 Å². The average Bonchev–Trinajstić information content (AvgIpc) is 2.87. The molecule has 0 spiro atoms. The van der Waals surface area contributed by atoms with Gasteiger partial charge in [0.1, 0.15) is 11.5 Å². The van der Waals surface area contributed by atoms with Gasteiger partial charge in [0.15, 0.2) is 0 Å². The standard InChI is InChI=1S/C23H20ClNO6S/c1-15-6-9-17(10-7-15)32(28,29)30-14-21-19-12-16(24)8-11-23(19)31-22-5-3-2-4-18(22)20(21)13-25(26)27/h2-12,20-21H,13-14H2,1H3/t20-,21-/m1/s1. The molecule has 166 valence electrons. The summed E-state index contributed by atoms with van der Waals surface area (Å²) >= 11 is 6.21. The van der Waals surface area contributed by atoms with E-state index in [1.807, 2.05) is 6.92 Å². The fraction of sp³-hybridized carbons (Fsp3) is 0.217. The Balaban J connectivity index is 1.77. The summed E-state index contributed by atoms with van der Waals surface area (Å²) in [4.78, 5) is 11.1. The second-order valence-electron chi connectivity index (χ2n) is 7.60. The van der Waals surface area contributed by atoms with Gasteiger partial charge >= 0.3 is 0 Å². The molecule has 32 heavy (non-hydrogen) atoms. The molecule has 1 aliphatic rings. The van der Waals surface area contributed by atoms with Gasteiger partial charge in [-0.1, -0.05) is 47.5 Å². The molecule has 3 aromatic carbocycles. The smallest absolute Gasteiger partial charge is 0.296 e. The number of nitro groups is 1. The summed E-state index contributed by atoms with van der Waals surface area (Å²) in [5.74, 6) is -0.437. The van der Waals surface area contributed by atoms with E-state index in [0.29, 0.717) is 27.6 Å². The first-order valence-electron chi connectivity index (χ1n) is 9.89. The van der Waals surface area contributed by atoms with Crippen LogP contribution in [0.2, 0.25) is 5.02 Å². The normalized spacial score (nSPS) is 17.6. The molecule has 1 heterocycles. The van der Waals surface area contributed by atoms with E-state index in [2.05, 4.69) is 0 Å². The van der Waals surface area contributed by atoms with Crippen molar-refractivity contribution >= 4 is 21.7 Å². The zero-order valence-electron chi connectivity index (χ0n) is 17.1. The zero-order valence-corrected chi connectivity index (χ0v) is 18.7. The van der Waals surface area contributed by atoms with Crippen molar-refractivity contribution in [1.29, 1.82) is 0 Å².